The molecule has 0 bridgehead atoms. The van der Waals surface area contributed by atoms with Gasteiger partial charge in [-0.15, -0.1) is 11.3 Å². The monoisotopic (exact) mass is 180 g/mol. The third kappa shape index (κ3) is 1.48. The Morgan fingerprint density at radius 2 is 2.50 bits per heavy atom. The molecule has 0 fully saturated rings. The van der Waals surface area contributed by atoms with Crippen molar-refractivity contribution in [2.45, 2.75) is 6.42 Å². The molecule has 0 saturated carbocycles. The fourth-order valence-corrected chi connectivity index (χ4v) is 1.71. The number of hydrogen-bond donors (Lipinski definition) is 1. The van der Waals surface area contributed by atoms with Crippen LogP contribution in [0.4, 0.5) is 5.82 Å². The van der Waals surface area contributed by atoms with Crippen LogP contribution in [0.25, 0.3) is 0 Å². The molecule has 0 aliphatic heterocycles. The van der Waals surface area contributed by atoms with E-state index in [-0.39, 0.29) is 0 Å². The quantitative estimate of drug-likeness (QED) is 0.768. The van der Waals surface area contributed by atoms with Crippen molar-refractivity contribution in [1.82, 2.24) is 5.16 Å². The van der Waals surface area contributed by atoms with Crippen LogP contribution < -0.4 is 5.73 Å². The minimum atomic E-state index is 0.446. The Bertz CT molecular complexity index is 353. The molecule has 0 atom stereocenters. The van der Waals surface area contributed by atoms with E-state index in [1.165, 1.54) is 4.88 Å². The van der Waals surface area contributed by atoms with Crippen molar-refractivity contribution >= 4 is 17.2 Å². The molecule has 3 nitrogen and oxygen atoms in total. The average molecular weight is 180 g/mol. The van der Waals surface area contributed by atoms with Gasteiger partial charge in [-0.1, -0.05) is 11.2 Å². The predicted molar refractivity (Wildman–Crippen MR) is 48.0 cm³/mol. The molecule has 0 radical (unpaired) electrons. The van der Waals surface area contributed by atoms with Gasteiger partial charge in [-0.3, -0.25) is 0 Å². The summed E-state index contributed by atoms with van der Waals surface area (Å²) >= 11 is 1.70. The normalized spacial score (nSPS) is 10.3. The summed E-state index contributed by atoms with van der Waals surface area (Å²) in [6, 6.07) is 5.82. The topological polar surface area (TPSA) is 52.0 Å². The summed E-state index contributed by atoms with van der Waals surface area (Å²) < 4.78 is 4.97. The van der Waals surface area contributed by atoms with Crippen LogP contribution in [0.15, 0.2) is 28.1 Å². The van der Waals surface area contributed by atoms with Crippen LogP contribution >= 0.6 is 11.3 Å². The molecule has 2 rings (SSSR count). The lowest BCUT2D eigenvalue weighted by atomic mass is 10.3. The second kappa shape index (κ2) is 2.98. The van der Waals surface area contributed by atoms with Crippen LogP contribution in [0.1, 0.15) is 10.6 Å². The zero-order valence-electron chi connectivity index (χ0n) is 6.36. The van der Waals surface area contributed by atoms with Gasteiger partial charge in [0.05, 0.1) is 0 Å². The summed E-state index contributed by atoms with van der Waals surface area (Å²) in [5.41, 5.74) is 5.41. The van der Waals surface area contributed by atoms with E-state index in [0.717, 1.165) is 12.2 Å². The van der Waals surface area contributed by atoms with E-state index in [1.54, 1.807) is 17.4 Å². The maximum Gasteiger partial charge on any atom is 0.167 e. The number of nitrogen functional groups attached to an aromatic ring is 1. The van der Waals surface area contributed by atoms with Crippen molar-refractivity contribution in [2.75, 3.05) is 5.73 Å². The molecule has 2 N–H and O–H groups in total. The van der Waals surface area contributed by atoms with Gasteiger partial charge in [0.15, 0.2) is 5.82 Å². The first-order chi connectivity index (χ1) is 5.84. The lowest BCUT2D eigenvalue weighted by molar-refractivity contribution is 0.393. The van der Waals surface area contributed by atoms with E-state index < -0.39 is 0 Å². The first kappa shape index (κ1) is 7.36. The highest BCUT2D eigenvalue weighted by atomic mass is 32.1. The molecule has 0 unspecified atom stereocenters. The second-order valence-electron chi connectivity index (χ2n) is 2.47. The summed E-state index contributed by atoms with van der Waals surface area (Å²) in [7, 11) is 0. The molecular weight excluding hydrogens is 172 g/mol. The summed E-state index contributed by atoms with van der Waals surface area (Å²) in [6.45, 7) is 0. The molecule has 0 aliphatic rings. The van der Waals surface area contributed by atoms with E-state index in [9.17, 15) is 0 Å². The molecule has 0 aliphatic carbocycles. The van der Waals surface area contributed by atoms with Gasteiger partial charge in [0, 0.05) is 17.4 Å². The number of nitrogens with two attached hydrogens (primary N) is 1. The van der Waals surface area contributed by atoms with Gasteiger partial charge in [-0.25, -0.2) is 0 Å². The van der Waals surface area contributed by atoms with E-state index in [1.807, 2.05) is 11.4 Å². The number of thiophene rings is 1. The number of aromatic nitrogens is 1. The van der Waals surface area contributed by atoms with Gasteiger partial charge in [-0.2, -0.15) is 0 Å². The highest BCUT2D eigenvalue weighted by molar-refractivity contribution is 7.09. The Morgan fingerprint density at radius 3 is 3.08 bits per heavy atom. The van der Waals surface area contributed by atoms with E-state index in [4.69, 9.17) is 10.3 Å². The second-order valence-corrected chi connectivity index (χ2v) is 3.51. The molecule has 0 aromatic carbocycles. The summed E-state index contributed by atoms with van der Waals surface area (Å²) in [5, 5.41) is 5.64. The van der Waals surface area contributed by atoms with Gasteiger partial charge < -0.3 is 10.3 Å². The fourth-order valence-electron chi connectivity index (χ4n) is 0.997. The molecule has 0 amide bonds. The number of nitrogens with zero attached hydrogens (tertiary/aromatic N) is 1. The molecule has 12 heavy (non-hydrogen) atoms. The Morgan fingerprint density at radius 1 is 1.58 bits per heavy atom. The van der Waals surface area contributed by atoms with Gasteiger partial charge in [0.25, 0.3) is 0 Å². The predicted octanol–water partition coefficient (Wildman–Crippen LogP) is 1.91. The number of rotatable bonds is 2. The molecule has 2 heterocycles. The largest absolute Gasteiger partial charge is 0.381 e. The molecule has 2 aromatic heterocycles. The van der Waals surface area contributed by atoms with Crippen LogP contribution in [-0.2, 0) is 6.42 Å². The summed E-state index contributed by atoms with van der Waals surface area (Å²) in [4.78, 5) is 1.26. The first-order valence-electron chi connectivity index (χ1n) is 3.58. The summed E-state index contributed by atoms with van der Waals surface area (Å²) in [5.74, 6) is 1.26. The maximum atomic E-state index is 5.41. The standard InChI is InChI=1S/C8H8N2OS/c9-8-5-6(11-10-8)4-7-2-1-3-12-7/h1-3,5H,4H2,(H2,9,10). The van der Waals surface area contributed by atoms with Crippen molar-refractivity contribution in [3.63, 3.8) is 0 Å². The van der Waals surface area contributed by atoms with Crippen LogP contribution in [0.5, 0.6) is 0 Å². The zero-order valence-corrected chi connectivity index (χ0v) is 7.17. The minimum absolute atomic E-state index is 0.446. The Labute approximate surface area is 73.8 Å². The molecule has 62 valence electrons. The number of hydrogen-bond acceptors (Lipinski definition) is 4. The third-order valence-corrected chi connectivity index (χ3v) is 2.38. The minimum Gasteiger partial charge on any atom is -0.381 e. The van der Waals surface area contributed by atoms with E-state index in [0.29, 0.717) is 5.82 Å². The first-order valence-corrected chi connectivity index (χ1v) is 4.46. The van der Waals surface area contributed by atoms with Crippen LogP contribution in [0, 0.1) is 0 Å². The molecule has 0 spiro atoms. The van der Waals surface area contributed by atoms with Crippen molar-refractivity contribution in [3.8, 4) is 0 Å². The van der Waals surface area contributed by atoms with Crippen molar-refractivity contribution in [2.24, 2.45) is 0 Å². The van der Waals surface area contributed by atoms with E-state index >= 15 is 0 Å². The van der Waals surface area contributed by atoms with Crippen LogP contribution in [0.2, 0.25) is 0 Å². The Balaban J connectivity index is 2.14. The Hall–Kier alpha value is -1.29. The lowest BCUT2D eigenvalue weighted by Crippen LogP contribution is -1.81. The van der Waals surface area contributed by atoms with Crippen LogP contribution in [-0.4, -0.2) is 5.16 Å². The Kier molecular flexibility index (Phi) is 1.83. The van der Waals surface area contributed by atoms with Gasteiger partial charge in [0.1, 0.15) is 5.76 Å². The van der Waals surface area contributed by atoms with Gasteiger partial charge in [0.2, 0.25) is 0 Å². The van der Waals surface area contributed by atoms with Crippen molar-refractivity contribution in [1.29, 1.82) is 0 Å². The summed E-state index contributed by atoms with van der Waals surface area (Å²) in [6.07, 6.45) is 0.780. The smallest absolute Gasteiger partial charge is 0.167 e. The molecule has 4 heteroatoms. The number of anilines is 1. The van der Waals surface area contributed by atoms with Crippen molar-refractivity contribution < 1.29 is 4.52 Å². The van der Waals surface area contributed by atoms with Crippen LogP contribution in [0.3, 0.4) is 0 Å². The molecule has 2 aromatic rings. The molecular formula is C8H8N2OS. The third-order valence-electron chi connectivity index (χ3n) is 1.51. The highest BCUT2D eigenvalue weighted by Gasteiger charge is 2.02. The van der Waals surface area contributed by atoms with Gasteiger partial charge >= 0.3 is 0 Å². The SMILES string of the molecule is Nc1cc(Cc2cccs2)on1. The van der Waals surface area contributed by atoms with E-state index in [2.05, 4.69) is 11.2 Å². The fraction of sp³-hybridized carbons (Fsp3) is 0.125. The average Bonchev–Trinajstić information content (AvgIpc) is 2.63. The molecule has 0 saturated heterocycles. The van der Waals surface area contributed by atoms with Gasteiger partial charge in [-0.05, 0) is 11.4 Å². The maximum absolute atomic E-state index is 5.41. The lowest BCUT2D eigenvalue weighted by Gasteiger charge is -1.87. The zero-order chi connectivity index (χ0) is 8.39. The van der Waals surface area contributed by atoms with Crippen molar-refractivity contribution in [3.05, 3.63) is 34.2 Å². The highest BCUT2D eigenvalue weighted by Crippen LogP contribution is 2.15.